The number of nitrogens with one attached hydrogen (secondary N) is 1. The minimum absolute atomic E-state index is 0. The predicted octanol–water partition coefficient (Wildman–Crippen LogP) is 3.71. The van der Waals surface area contributed by atoms with Gasteiger partial charge in [-0.3, -0.25) is 9.78 Å². The Morgan fingerprint density at radius 1 is 1.17 bits per heavy atom. The van der Waals surface area contributed by atoms with Gasteiger partial charge in [0.2, 0.25) is 0 Å². The van der Waals surface area contributed by atoms with Crippen molar-refractivity contribution < 1.29 is 4.79 Å². The summed E-state index contributed by atoms with van der Waals surface area (Å²) in [4.78, 5) is 16.2. The molecule has 2 rings (SSSR count). The van der Waals surface area contributed by atoms with Crippen LogP contribution < -0.4 is 11.1 Å². The normalized spacial score (nSPS) is 10.3. The molecule has 0 aliphatic carbocycles. The zero-order chi connectivity index (χ0) is 15.5. The third kappa shape index (κ3) is 6.75. The average Bonchev–Trinajstić information content (AvgIpc) is 2.45. The van der Waals surface area contributed by atoms with Crippen LogP contribution in [-0.4, -0.2) is 23.0 Å². The molecule has 0 unspecified atom stereocenters. The standard InChI is InChI=1S/C16H18ClN3O.2ClH/c1-16(2,18)10-20-15(21)13-7-12(8-19-9-13)11-3-5-14(17)6-4-11;;/h3-9H,10,18H2,1-2H3,(H,20,21);2*1H. The first kappa shape index (κ1) is 21.7. The number of amides is 1. The molecule has 126 valence electrons. The molecule has 2 aromatic rings. The largest absolute Gasteiger partial charge is 0.350 e. The smallest absolute Gasteiger partial charge is 0.252 e. The number of hydrogen-bond acceptors (Lipinski definition) is 3. The fourth-order valence-electron chi connectivity index (χ4n) is 1.77. The number of halogens is 3. The van der Waals surface area contributed by atoms with Crippen molar-refractivity contribution in [2.45, 2.75) is 19.4 Å². The number of nitrogens with two attached hydrogens (primary N) is 1. The minimum Gasteiger partial charge on any atom is -0.350 e. The summed E-state index contributed by atoms with van der Waals surface area (Å²) in [5.74, 6) is -0.183. The van der Waals surface area contributed by atoms with Crippen LogP contribution in [0.5, 0.6) is 0 Å². The molecule has 0 aliphatic rings. The van der Waals surface area contributed by atoms with Crippen LogP contribution in [-0.2, 0) is 0 Å². The van der Waals surface area contributed by atoms with Gasteiger partial charge in [0.05, 0.1) is 5.56 Å². The number of aromatic nitrogens is 1. The van der Waals surface area contributed by atoms with Crippen LogP contribution in [0.1, 0.15) is 24.2 Å². The molecule has 0 saturated heterocycles. The van der Waals surface area contributed by atoms with E-state index in [1.165, 1.54) is 6.20 Å². The van der Waals surface area contributed by atoms with E-state index in [-0.39, 0.29) is 30.7 Å². The highest BCUT2D eigenvalue weighted by molar-refractivity contribution is 6.30. The van der Waals surface area contributed by atoms with Crippen molar-refractivity contribution in [1.29, 1.82) is 0 Å². The Hall–Kier alpha value is -1.33. The lowest BCUT2D eigenvalue weighted by Gasteiger charge is -2.18. The molecule has 4 nitrogen and oxygen atoms in total. The summed E-state index contributed by atoms with van der Waals surface area (Å²) >= 11 is 5.87. The van der Waals surface area contributed by atoms with Gasteiger partial charge in [0, 0.05) is 35.1 Å². The first-order valence-corrected chi connectivity index (χ1v) is 7.01. The Balaban J connectivity index is 0.00000242. The molecule has 0 saturated carbocycles. The monoisotopic (exact) mass is 375 g/mol. The molecule has 0 fully saturated rings. The molecule has 23 heavy (non-hydrogen) atoms. The van der Waals surface area contributed by atoms with Gasteiger partial charge in [-0.05, 0) is 37.6 Å². The van der Waals surface area contributed by atoms with Crippen LogP contribution in [0.25, 0.3) is 11.1 Å². The van der Waals surface area contributed by atoms with Gasteiger partial charge in [0.25, 0.3) is 5.91 Å². The molecule has 0 bridgehead atoms. The third-order valence-electron chi connectivity index (χ3n) is 2.88. The van der Waals surface area contributed by atoms with Crippen LogP contribution in [0, 0.1) is 0 Å². The Bertz CT molecular complexity index is 640. The molecular formula is C16H20Cl3N3O. The van der Waals surface area contributed by atoms with E-state index in [9.17, 15) is 4.79 Å². The first-order valence-electron chi connectivity index (χ1n) is 6.63. The lowest BCUT2D eigenvalue weighted by atomic mass is 10.1. The molecule has 3 N–H and O–H groups in total. The molecule has 1 heterocycles. The lowest BCUT2D eigenvalue weighted by Crippen LogP contribution is -2.45. The van der Waals surface area contributed by atoms with E-state index >= 15 is 0 Å². The van der Waals surface area contributed by atoms with E-state index in [0.29, 0.717) is 17.1 Å². The summed E-state index contributed by atoms with van der Waals surface area (Å²) in [6.45, 7) is 4.11. The molecule has 0 spiro atoms. The topological polar surface area (TPSA) is 68.0 Å². The summed E-state index contributed by atoms with van der Waals surface area (Å²) in [5, 5.41) is 3.47. The van der Waals surface area contributed by atoms with E-state index in [1.807, 2.05) is 26.0 Å². The van der Waals surface area contributed by atoms with E-state index in [0.717, 1.165) is 11.1 Å². The van der Waals surface area contributed by atoms with Crippen molar-refractivity contribution >= 4 is 42.3 Å². The highest BCUT2D eigenvalue weighted by Crippen LogP contribution is 2.21. The van der Waals surface area contributed by atoms with E-state index in [4.69, 9.17) is 17.3 Å². The van der Waals surface area contributed by atoms with Crippen LogP contribution in [0.2, 0.25) is 5.02 Å². The van der Waals surface area contributed by atoms with Gasteiger partial charge >= 0.3 is 0 Å². The Morgan fingerprint density at radius 3 is 2.35 bits per heavy atom. The number of pyridine rings is 1. The summed E-state index contributed by atoms with van der Waals surface area (Å²) in [7, 11) is 0. The number of hydrogen-bond donors (Lipinski definition) is 2. The number of carbonyl (C=O) groups is 1. The van der Waals surface area contributed by atoms with E-state index in [1.54, 1.807) is 24.4 Å². The van der Waals surface area contributed by atoms with Gasteiger partial charge < -0.3 is 11.1 Å². The van der Waals surface area contributed by atoms with Gasteiger partial charge in [-0.2, -0.15) is 0 Å². The van der Waals surface area contributed by atoms with Gasteiger partial charge in [-0.25, -0.2) is 0 Å². The summed E-state index contributed by atoms with van der Waals surface area (Å²) in [5.41, 5.74) is 7.74. The zero-order valence-electron chi connectivity index (χ0n) is 12.9. The number of benzene rings is 1. The molecule has 1 amide bonds. The van der Waals surface area contributed by atoms with Gasteiger partial charge in [0.1, 0.15) is 0 Å². The molecule has 0 atom stereocenters. The zero-order valence-corrected chi connectivity index (χ0v) is 15.3. The fraction of sp³-hybridized carbons (Fsp3) is 0.250. The van der Waals surface area contributed by atoms with Gasteiger partial charge in [-0.15, -0.1) is 24.8 Å². The maximum absolute atomic E-state index is 12.1. The summed E-state index contributed by atoms with van der Waals surface area (Å²) < 4.78 is 0. The molecule has 0 radical (unpaired) electrons. The van der Waals surface area contributed by atoms with Crippen molar-refractivity contribution in [2.24, 2.45) is 5.73 Å². The number of carbonyl (C=O) groups excluding carboxylic acids is 1. The highest BCUT2D eigenvalue weighted by Gasteiger charge is 2.14. The second-order valence-corrected chi connectivity index (χ2v) is 6.08. The summed E-state index contributed by atoms with van der Waals surface area (Å²) in [6, 6.07) is 9.20. The van der Waals surface area contributed by atoms with Crippen LogP contribution in [0.15, 0.2) is 42.7 Å². The Kier molecular flexibility index (Phi) is 8.56. The third-order valence-corrected chi connectivity index (χ3v) is 3.13. The maximum atomic E-state index is 12.1. The Morgan fingerprint density at radius 2 is 1.78 bits per heavy atom. The second kappa shape index (κ2) is 9.08. The van der Waals surface area contributed by atoms with E-state index < -0.39 is 5.54 Å². The van der Waals surface area contributed by atoms with Crippen LogP contribution >= 0.6 is 36.4 Å². The number of rotatable bonds is 4. The molecule has 7 heteroatoms. The highest BCUT2D eigenvalue weighted by atomic mass is 35.5. The Labute approximate surface area is 153 Å². The van der Waals surface area contributed by atoms with Crippen LogP contribution in [0.4, 0.5) is 0 Å². The quantitative estimate of drug-likeness (QED) is 0.854. The van der Waals surface area contributed by atoms with Gasteiger partial charge in [0.15, 0.2) is 0 Å². The summed E-state index contributed by atoms with van der Waals surface area (Å²) in [6.07, 6.45) is 3.26. The van der Waals surface area contributed by atoms with Crippen molar-refractivity contribution in [3.63, 3.8) is 0 Å². The molecule has 0 aliphatic heterocycles. The maximum Gasteiger partial charge on any atom is 0.252 e. The van der Waals surface area contributed by atoms with Crippen molar-refractivity contribution in [1.82, 2.24) is 10.3 Å². The van der Waals surface area contributed by atoms with Crippen molar-refractivity contribution in [2.75, 3.05) is 6.54 Å². The van der Waals surface area contributed by atoms with Crippen molar-refractivity contribution in [3.8, 4) is 11.1 Å². The SMILES string of the molecule is CC(C)(N)CNC(=O)c1cncc(-c2ccc(Cl)cc2)c1.Cl.Cl. The number of nitrogens with zero attached hydrogens (tertiary/aromatic N) is 1. The van der Waals surface area contributed by atoms with E-state index in [2.05, 4.69) is 10.3 Å². The van der Waals surface area contributed by atoms with Gasteiger partial charge in [-0.1, -0.05) is 23.7 Å². The predicted molar refractivity (Wildman–Crippen MR) is 99.8 cm³/mol. The lowest BCUT2D eigenvalue weighted by molar-refractivity contribution is 0.0945. The second-order valence-electron chi connectivity index (χ2n) is 5.64. The first-order chi connectivity index (χ1) is 9.85. The average molecular weight is 377 g/mol. The molecular weight excluding hydrogens is 357 g/mol. The molecule has 1 aromatic heterocycles. The van der Waals surface area contributed by atoms with Crippen molar-refractivity contribution in [3.05, 3.63) is 53.3 Å². The fourth-order valence-corrected chi connectivity index (χ4v) is 1.90. The van der Waals surface area contributed by atoms with Crippen LogP contribution in [0.3, 0.4) is 0 Å². The molecule has 1 aromatic carbocycles. The minimum atomic E-state index is -0.448.